The fourth-order valence-corrected chi connectivity index (χ4v) is 2.26. The summed E-state index contributed by atoms with van der Waals surface area (Å²) in [5.74, 6) is 0.322. The van der Waals surface area contributed by atoms with Crippen LogP contribution in [-0.2, 0) is 4.79 Å². The normalized spacial score (nSPS) is 20.4. The molecule has 1 aliphatic heterocycles. The van der Waals surface area contributed by atoms with Gasteiger partial charge in [0.25, 0.3) is 0 Å². The van der Waals surface area contributed by atoms with Crippen molar-refractivity contribution in [2.45, 2.75) is 6.04 Å². The SMILES string of the molecule is O=C(Cl)C1CNCCN1c1nc(Cl)cc(Cl)n1. The van der Waals surface area contributed by atoms with Crippen LogP contribution in [0.4, 0.5) is 5.95 Å². The van der Waals surface area contributed by atoms with Crippen molar-refractivity contribution < 1.29 is 4.79 Å². The van der Waals surface area contributed by atoms with E-state index in [1.165, 1.54) is 6.07 Å². The number of hydrogen-bond donors (Lipinski definition) is 1. The molecule has 5 nitrogen and oxygen atoms in total. The molecule has 1 fully saturated rings. The van der Waals surface area contributed by atoms with Crippen molar-refractivity contribution in [3.8, 4) is 0 Å². The Morgan fingerprint density at radius 1 is 1.41 bits per heavy atom. The number of rotatable bonds is 2. The first-order valence-corrected chi connectivity index (χ1v) is 6.08. The van der Waals surface area contributed by atoms with E-state index in [4.69, 9.17) is 34.8 Å². The Bertz CT molecular complexity index is 422. The number of anilines is 1. The molecule has 0 radical (unpaired) electrons. The van der Waals surface area contributed by atoms with E-state index in [1.54, 1.807) is 4.90 Å². The van der Waals surface area contributed by atoms with Gasteiger partial charge in [0.2, 0.25) is 11.2 Å². The number of nitrogens with zero attached hydrogens (tertiary/aromatic N) is 3. The second-order valence-corrected chi connectivity index (χ2v) is 4.68. The van der Waals surface area contributed by atoms with Gasteiger partial charge in [-0.15, -0.1) is 0 Å². The predicted octanol–water partition coefficient (Wildman–Crippen LogP) is 1.33. The number of halogens is 3. The summed E-state index contributed by atoms with van der Waals surface area (Å²) in [4.78, 5) is 21.1. The van der Waals surface area contributed by atoms with Crippen LogP contribution in [0.15, 0.2) is 6.07 Å². The highest BCUT2D eigenvalue weighted by Crippen LogP contribution is 2.20. The molecule has 0 bridgehead atoms. The molecule has 0 spiro atoms. The van der Waals surface area contributed by atoms with Crippen LogP contribution in [0, 0.1) is 0 Å². The molecule has 1 aromatic heterocycles. The zero-order valence-corrected chi connectivity index (χ0v) is 10.9. The molecule has 1 aromatic rings. The van der Waals surface area contributed by atoms with Crippen molar-refractivity contribution in [3.05, 3.63) is 16.4 Å². The van der Waals surface area contributed by atoms with Crippen molar-refractivity contribution in [1.29, 1.82) is 0 Å². The fraction of sp³-hybridized carbons (Fsp3) is 0.444. The van der Waals surface area contributed by atoms with Gasteiger partial charge in [-0.05, 0) is 11.6 Å². The van der Waals surface area contributed by atoms with Crippen LogP contribution < -0.4 is 10.2 Å². The molecule has 8 heteroatoms. The maximum absolute atomic E-state index is 11.3. The molecule has 0 aromatic carbocycles. The number of carbonyl (C=O) groups is 1. The average Bonchev–Trinajstić information content (AvgIpc) is 2.27. The Kier molecular flexibility index (Phi) is 4.04. The van der Waals surface area contributed by atoms with Crippen molar-refractivity contribution >= 4 is 46.0 Å². The summed E-state index contributed by atoms with van der Waals surface area (Å²) < 4.78 is 0. The van der Waals surface area contributed by atoms with Gasteiger partial charge >= 0.3 is 0 Å². The third-order valence-corrected chi connectivity index (χ3v) is 3.05. The van der Waals surface area contributed by atoms with Gasteiger partial charge in [0.1, 0.15) is 16.3 Å². The summed E-state index contributed by atoms with van der Waals surface area (Å²) in [5.41, 5.74) is 0. The molecule has 1 aliphatic rings. The molecule has 1 atom stereocenters. The Labute approximate surface area is 113 Å². The highest BCUT2D eigenvalue weighted by Gasteiger charge is 2.29. The van der Waals surface area contributed by atoms with Crippen molar-refractivity contribution in [2.24, 2.45) is 0 Å². The van der Waals surface area contributed by atoms with Gasteiger partial charge in [0, 0.05) is 25.7 Å². The van der Waals surface area contributed by atoms with E-state index in [1.807, 2.05) is 0 Å². The van der Waals surface area contributed by atoms with Crippen LogP contribution in [0.5, 0.6) is 0 Å². The number of aromatic nitrogens is 2. The topological polar surface area (TPSA) is 58.1 Å². The minimum absolute atomic E-state index is 0.235. The van der Waals surface area contributed by atoms with Crippen LogP contribution in [0.1, 0.15) is 0 Å². The third kappa shape index (κ3) is 2.98. The maximum Gasteiger partial charge on any atom is 0.245 e. The molecule has 17 heavy (non-hydrogen) atoms. The van der Waals surface area contributed by atoms with Crippen LogP contribution in [0.2, 0.25) is 10.3 Å². The number of carbonyl (C=O) groups excluding carboxylic acids is 1. The molecule has 0 aliphatic carbocycles. The summed E-state index contributed by atoms with van der Waals surface area (Å²) in [5, 5.41) is 3.09. The Hall–Kier alpha value is -0.620. The second kappa shape index (κ2) is 5.35. The lowest BCUT2D eigenvalue weighted by Gasteiger charge is -2.33. The highest BCUT2D eigenvalue weighted by molar-refractivity contribution is 6.65. The monoisotopic (exact) mass is 294 g/mol. The molecular formula is C9H9Cl3N4O. The minimum atomic E-state index is -0.500. The van der Waals surface area contributed by atoms with Gasteiger partial charge in [0.15, 0.2) is 0 Å². The molecule has 2 heterocycles. The first-order valence-electron chi connectivity index (χ1n) is 4.94. The largest absolute Gasteiger partial charge is 0.327 e. The Morgan fingerprint density at radius 2 is 2.06 bits per heavy atom. The maximum atomic E-state index is 11.3. The van der Waals surface area contributed by atoms with Gasteiger partial charge in [0.05, 0.1) is 0 Å². The summed E-state index contributed by atoms with van der Waals surface area (Å²) in [7, 11) is 0. The summed E-state index contributed by atoms with van der Waals surface area (Å²) in [6.07, 6.45) is 0. The van der Waals surface area contributed by atoms with Crippen molar-refractivity contribution in [1.82, 2.24) is 15.3 Å². The molecular weight excluding hydrogens is 286 g/mol. The minimum Gasteiger partial charge on any atom is -0.327 e. The molecule has 1 N–H and O–H groups in total. The average molecular weight is 296 g/mol. The van der Waals surface area contributed by atoms with Crippen molar-refractivity contribution in [3.63, 3.8) is 0 Å². The van der Waals surface area contributed by atoms with E-state index in [0.29, 0.717) is 25.6 Å². The van der Waals surface area contributed by atoms with Crippen LogP contribution in [0.25, 0.3) is 0 Å². The lowest BCUT2D eigenvalue weighted by molar-refractivity contribution is -0.113. The van der Waals surface area contributed by atoms with Gasteiger partial charge in [-0.2, -0.15) is 0 Å². The smallest absolute Gasteiger partial charge is 0.245 e. The van der Waals surface area contributed by atoms with Crippen LogP contribution >= 0.6 is 34.8 Å². The van der Waals surface area contributed by atoms with Gasteiger partial charge in [-0.3, -0.25) is 4.79 Å². The molecule has 1 unspecified atom stereocenters. The van der Waals surface area contributed by atoms with Crippen LogP contribution in [-0.4, -0.2) is 40.9 Å². The first-order chi connectivity index (χ1) is 8.08. The van der Waals surface area contributed by atoms with E-state index in [-0.39, 0.29) is 10.3 Å². The molecule has 0 saturated carbocycles. The quantitative estimate of drug-likeness (QED) is 0.659. The number of piperazine rings is 1. The highest BCUT2D eigenvalue weighted by atomic mass is 35.5. The van der Waals surface area contributed by atoms with E-state index >= 15 is 0 Å². The van der Waals surface area contributed by atoms with E-state index in [0.717, 1.165) is 0 Å². The first kappa shape index (κ1) is 12.8. The Morgan fingerprint density at radius 3 is 2.65 bits per heavy atom. The third-order valence-electron chi connectivity index (χ3n) is 2.41. The van der Waals surface area contributed by atoms with Crippen LogP contribution in [0.3, 0.4) is 0 Å². The standard InChI is InChI=1S/C9H9Cl3N4O/c10-6-3-7(11)15-9(14-6)16-2-1-13-4-5(16)8(12)17/h3,5,13H,1-2,4H2. The summed E-state index contributed by atoms with van der Waals surface area (Å²) >= 11 is 17.1. The number of hydrogen-bond acceptors (Lipinski definition) is 5. The fourth-order valence-electron chi connectivity index (χ4n) is 1.65. The van der Waals surface area contributed by atoms with E-state index in [9.17, 15) is 4.79 Å². The molecule has 2 rings (SSSR count). The zero-order chi connectivity index (χ0) is 12.4. The molecule has 1 saturated heterocycles. The Balaban J connectivity index is 2.32. The van der Waals surface area contributed by atoms with Gasteiger partial charge in [-0.25, -0.2) is 9.97 Å². The van der Waals surface area contributed by atoms with Gasteiger partial charge in [-0.1, -0.05) is 23.2 Å². The van der Waals surface area contributed by atoms with Crippen molar-refractivity contribution in [2.75, 3.05) is 24.5 Å². The lowest BCUT2D eigenvalue weighted by Crippen LogP contribution is -2.54. The zero-order valence-electron chi connectivity index (χ0n) is 8.66. The molecule has 92 valence electrons. The molecule has 0 amide bonds. The van der Waals surface area contributed by atoms with E-state index in [2.05, 4.69) is 15.3 Å². The van der Waals surface area contributed by atoms with Gasteiger partial charge < -0.3 is 10.2 Å². The predicted molar refractivity (Wildman–Crippen MR) is 66.9 cm³/mol. The van der Waals surface area contributed by atoms with E-state index < -0.39 is 11.3 Å². The summed E-state index contributed by atoms with van der Waals surface area (Å²) in [6, 6.07) is 0.937. The second-order valence-electron chi connectivity index (χ2n) is 3.53. The lowest BCUT2D eigenvalue weighted by atomic mass is 10.2. The number of nitrogens with one attached hydrogen (secondary N) is 1. The summed E-state index contributed by atoms with van der Waals surface area (Å²) in [6.45, 7) is 1.74.